The zero-order valence-electron chi connectivity index (χ0n) is 11.8. The average molecular weight is 317 g/mol. The van der Waals surface area contributed by atoms with E-state index in [9.17, 15) is 13.6 Å². The lowest BCUT2D eigenvalue weighted by atomic mass is 10.1. The standard InChI is InChI=1S/C15H18F2N2O.ClH/c1-9-8-18-4-5-19(9)15(20)12-7-11(12)10-2-3-13(16)14(17)6-10;/h2-3,6,9,11-12,18H,4-5,7-8H2,1H3;1H/t9-,11?,12?;/m0./s1. The van der Waals surface area contributed by atoms with Crippen molar-refractivity contribution in [2.45, 2.75) is 25.3 Å². The minimum atomic E-state index is -0.840. The van der Waals surface area contributed by atoms with Crippen molar-refractivity contribution in [2.24, 2.45) is 5.92 Å². The molecule has 3 atom stereocenters. The van der Waals surface area contributed by atoms with Crippen molar-refractivity contribution in [1.82, 2.24) is 10.2 Å². The Labute approximate surface area is 129 Å². The second-order valence-electron chi connectivity index (χ2n) is 5.71. The quantitative estimate of drug-likeness (QED) is 0.908. The molecule has 2 unspecified atom stereocenters. The van der Waals surface area contributed by atoms with Gasteiger partial charge in [0.25, 0.3) is 0 Å². The lowest BCUT2D eigenvalue weighted by molar-refractivity contribution is -0.135. The maximum atomic E-state index is 13.2. The van der Waals surface area contributed by atoms with Gasteiger partial charge < -0.3 is 10.2 Å². The lowest BCUT2D eigenvalue weighted by Crippen LogP contribution is -2.52. The molecule has 1 aromatic carbocycles. The zero-order valence-corrected chi connectivity index (χ0v) is 12.6. The van der Waals surface area contributed by atoms with E-state index in [4.69, 9.17) is 0 Å². The number of halogens is 3. The fourth-order valence-corrected chi connectivity index (χ4v) is 2.96. The molecule has 0 spiro atoms. The van der Waals surface area contributed by atoms with Crippen LogP contribution >= 0.6 is 12.4 Å². The van der Waals surface area contributed by atoms with E-state index >= 15 is 0 Å². The Balaban J connectivity index is 0.00000161. The molecule has 2 aliphatic rings. The average Bonchev–Trinajstić information content (AvgIpc) is 3.22. The molecule has 6 heteroatoms. The predicted molar refractivity (Wildman–Crippen MR) is 78.5 cm³/mol. The molecule has 1 aliphatic carbocycles. The smallest absolute Gasteiger partial charge is 0.226 e. The molecule has 1 N–H and O–H groups in total. The SMILES string of the molecule is C[C@H]1CNCCN1C(=O)C1CC1c1ccc(F)c(F)c1.Cl. The molecule has 21 heavy (non-hydrogen) atoms. The number of rotatable bonds is 2. The third kappa shape index (κ3) is 3.19. The summed E-state index contributed by atoms with van der Waals surface area (Å²) in [5, 5.41) is 3.25. The minimum Gasteiger partial charge on any atom is -0.337 e. The van der Waals surface area contributed by atoms with Crippen LogP contribution in [0.3, 0.4) is 0 Å². The van der Waals surface area contributed by atoms with E-state index in [1.807, 2.05) is 11.8 Å². The highest BCUT2D eigenvalue weighted by atomic mass is 35.5. The Morgan fingerprint density at radius 3 is 2.76 bits per heavy atom. The van der Waals surface area contributed by atoms with Crippen molar-refractivity contribution in [3.63, 3.8) is 0 Å². The van der Waals surface area contributed by atoms with Gasteiger partial charge in [-0.1, -0.05) is 6.07 Å². The third-order valence-electron chi connectivity index (χ3n) is 4.26. The molecule has 1 saturated carbocycles. The van der Waals surface area contributed by atoms with E-state index in [2.05, 4.69) is 5.32 Å². The Bertz CT molecular complexity index is 540. The molecule has 1 heterocycles. The van der Waals surface area contributed by atoms with Crippen LogP contribution in [0.4, 0.5) is 8.78 Å². The summed E-state index contributed by atoms with van der Waals surface area (Å²) < 4.78 is 26.2. The van der Waals surface area contributed by atoms with Gasteiger partial charge >= 0.3 is 0 Å². The molecule has 1 aliphatic heterocycles. The second-order valence-corrected chi connectivity index (χ2v) is 5.71. The molecule has 0 aromatic heterocycles. The summed E-state index contributed by atoms with van der Waals surface area (Å²) in [7, 11) is 0. The maximum Gasteiger partial charge on any atom is 0.226 e. The summed E-state index contributed by atoms with van der Waals surface area (Å²) in [5.41, 5.74) is 0.727. The topological polar surface area (TPSA) is 32.3 Å². The highest BCUT2D eigenvalue weighted by Crippen LogP contribution is 2.48. The Morgan fingerprint density at radius 1 is 1.33 bits per heavy atom. The van der Waals surface area contributed by atoms with E-state index in [0.717, 1.165) is 37.7 Å². The first-order chi connectivity index (χ1) is 9.58. The number of amides is 1. The van der Waals surface area contributed by atoms with E-state index in [1.54, 1.807) is 6.07 Å². The van der Waals surface area contributed by atoms with Crippen LogP contribution in [0.1, 0.15) is 24.8 Å². The molecule has 1 amide bonds. The fourth-order valence-electron chi connectivity index (χ4n) is 2.96. The van der Waals surface area contributed by atoms with Crippen LogP contribution in [0.5, 0.6) is 0 Å². The molecule has 0 radical (unpaired) electrons. The van der Waals surface area contributed by atoms with E-state index < -0.39 is 11.6 Å². The van der Waals surface area contributed by atoms with Gasteiger partial charge in [-0.3, -0.25) is 4.79 Å². The van der Waals surface area contributed by atoms with Crippen LogP contribution in [-0.2, 0) is 4.79 Å². The minimum absolute atomic E-state index is 0. The van der Waals surface area contributed by atoms with Crippen LogP contribution in [0.2, 0.25) is 0 Å². The molecule has 116 valence electrons. The summed E-state index contributed by atoms with van der Waals surface area (Å²) in [6.45, 7) is 4.38. The Hall–Kier alpha value is -1.20. The van der Waals surface area contributed by atoms with Gasteiger partial charge in [-0.15, -0.1) is 12.4 Å². The molecule has 3 nitrogen and oxygen atoms in total. The molecule has 2 fully saturated rings. The highest BCUT2D eigenvalue weighted by molar-refractivity contribution is 5.85. The first-order valence-corrected chi connectivity index (χ1v) is 7.04. The van der Waals surface area contributed by atoms with Gasteiger partial charge in [-0.05, 0) is 37.0 Å². The monoisotopic (exact) mass is 316 g/mol. The Morgan fingerprint density at radius 2 is 2.10 bits per heavy atom. The van der Waals surface area contributed by atoms with Crippen LogP contribution in [0.25, 0.3) is 0 Å². The van der Waals surface area contributed by atoms with Crippen molar-refractivity contribution in [3.05, 3.63) is 35.4 Å². The number of hydrogen-bond donors (Lipinski definition) is 1. The summed E-state index contributed by atoms with van der Waals surface area (Å²) in [6, 6.07) is 4.13. The second kappa shape index (κ2) is 6.28. The lowest BCUT2D eigenvalue weighted by Gasteiger charge is -2.34. The number of benzene rings is 1. The maximum absolute atomic E-state index is 13.2. The summed E-state index contributed by atoms with van der Waals surface area (Å²) in [4.78, 5) is 14.3. The van der Waals surface area contributed by atoms with Gasteiger partial charge in [0.1, 0.15) is 0 Å². The van der Waals surface area contributed by atoms with Crippen LogP contribution in [0, 0.1) is 17.6 Å². The predicted octanol–water partition coefficient (Wildman–Crippen LogP) is 2.31. The number of carbonyl (C=O) groups is 1. The first kappa shape index (κ1) is 16.2. The summed E-state index contributed by atoms with van der Waals surface area (Å²) in [6.07, 6.45) is 0.737. The van der Waals surface area contributed by atoms with Crippen molar-refractivity contribution in [2.75, 3.05) is 19.6 Å². The molecular weight excluding hydrogens is 298 g/mol. The Kier molecular flexibility index (Phi) is 4.84. The van der Waals surface area contributed by atoms with Gasteiger partial charge in [0, 0.05) is 31.6 Å². The number of carbonyl (C=O) groups excluding carboxylic acids is 1. The van der Waals surface area contributed by atoms with Gasteiger partial charge in [0.05, 0.1) is 0 Å². The number of nitrogens with one attached hydrogen (secondary N) is 1. The van der Waals surface area contributed by atoms with Gasteiger partial charge in [-0.25, -0.2) is 8.78 Å². The summed E-state index contributed by atoms with van der Waals surface area (Å²) >= 11 is 0. The van der Waals surface area contributed by atoms with Crippen molar-refractivity contribution in [1.29, 1.82) is 0 Å². The van der Waals surface area contributed by atoms with E-state index in [0.29, 0.717) is 0 Å². The normalized spacial score (nSPS) is 28.0. The number of piperazine rings is 1. The summed E-state index contributed by atoms with van der Waals surface area (Å²) in [5.74, 6) is -1.56. The van der Waals surface area contributed by atoms with Crippen molar-refractivity contribution < 1.29 is 13.6 Å². The number of nitrogens with zero attached hydrogens (tertiary/aromatic N) is 1. The molecule has 0 bridgehead atoms. The van der Waals surface area contributed by atoms with Crippen LogP contribution in [-0.4, -0.2) is 36.5 Å². The number of hydrogen-bond acceptors (Lipinski definition) is 2. The van der Waals surface area contributed by atoms with Crippen molar-refractivity contribution in [3.8, 4) is 0 Å². The largest absolute Gasteiger partial charge is 0.337 e. The molecule has 1 aromatic rings. The van der Waals surface area contributed by atoms with Gasteiger partial charge in [0.2, 0.25) is 5.91 Å². The highest BCUT2D eigenvalue weighted by Gasteiger charge is 2.46. The molecule has 3 rings (SSSR count). The first-order valence-electron chi connectivity index (χ1n) is 7.04. The zero-order chi connectivity index (χ0) is 14.3. The molecule has 1 saturated heterocycles. The van der Waals surface area contributed by atoms with Crippen LogP contribution < -0.4 is 5.32 Å². The van der Waals surface area contributed by atoms with Crippen molar-refractivity contribution >= 4 is 18.3 Å². The molecular formula is C15H19ClF2N2O. The third-order valence-corrected chi connectivity index (χ3v) is 4.26. The van der Waals surface area contributed by atoms with Gasteiger partial charge in [0.15, 0.2) is 11.6 Å². The van der Waals surface area contributed by atoms with Crippen LogP contribution in [0.15, 0.2) is 18.2 Å². The van der Waals surface area contributed by atoms with E-state index in [1.165, 1.54) is 6.07 Å². The van der Waals surface area contributed by atoms with Gasteiger partial charge in [-0.2, -0.15) is 0 Å². The van der Waals surface area contributed by atoms with E-state index in [-0.39, 0.29) is 36.2 Å². The fraction of sp³-hybridized carbons (Fsp3) is 0.533.